The Morgan fingerprint density at radius 1 is 1.42 bits per heavy atom. The second kappa shape index (κ2) is 5.60. The normalized spacial score (nSPS) is 19.5. The largest absolute Gasteiger partial charge is 0.480 e. The molecule has 1 N–H and O–H groups in total. The molecule has 0 aromatic carbocycles. The van der Waals surface area contributed by atoms with Crippen LogP contribution in [0.1, 0.15) is 43.4 Å². The molecule has 0 unspecified atom stereocenters. The third-order valence-corrected chi connectivity index (χ3v) is 3.00. The number of hydrogen-bond donors (Lipinski definition) is 1. The quantitative estimate of drug-likeness (QED) is 0.884. The molecule has 1 aromatic rings. The predicted octanol–water partition coefficient (Wildman–Crippen LogP) is 1.96. The Bertz CT molecular complexity index is 440. The van der Waals surface area contributed by atoms with Crippen molar-refractivity contribution < 1.29 is 27.8 Å². The van der Waals surface area contributed by atoms with Crippen LogP contribution in [-0.4, -0.2) is 33.8 Å². The molecule has 1 aliphatic rings. The standard InChI is InChI=1S/C11H14F2N2O4/c12-11(13)3-1-7(2-4-11)10-15-14-8(19-10)5-18-6-9(16)17/h7H,1-6H2,(H,16,17). The number of alkyl halides is 2. The molecule has 2 rings (SSSR count). The first-order valence-electron chi connectivity index (χ1n) is 5.96. The summed E-state index contributed by atoms with van der Waals surface area (Å²) in [7, 11) is 0. The zero-order valence-corrected chi connectivity index (χ0v) is 10.1. The number of halogens is 2. The van der Waals surface area contributed by atoms with E-state index in [9.17, 15) is 13.6 Å². The molecule has 1 aromatic heterocycles. The summed E-state index contributed by atoms with van der Waals surface area (Å²) in [5.74, 6) is -3.35. The molecule has 1 aliphatic carbocycles. The Hall–Kier alpha value is -1.57. The van der Waals surface area contributed by atoms with Gasteiger partial charge in [-0.1, -0.05) is 0 Å². The summed E-state index contributed by atoms with van der Waals surface area (Å²) < 4.78 is 36.1. The van der Waals surface area contributed by atoms with E-state index in [0.717, 1.165) is 0 Å². The lowest BCUT2D eigenvalue weighted by Crippen LogP contribution is -2.23. The number of ether oxygens (including phenoxy) is 1. The van der Waals surface area contributed by atoms with E-state index in [1.807, 2.05) is 0 Å². The van der Waals surface area contributed by atoms with Gasteiger partial charge < -0.3 is 14.3 Å². The maximum Gasteiger partial charge on any atom is 0.329 e. The summed E-state index contributed by atoms with van der Waals surface area (Å²) in [6.07, 6.45) is 0.269. The molecule has 0 amide bonds. The second-order valence-corrected chi connectivity index (χ2v) is 4.55. The van der Waals surface area contributed by atoms with Crippen LogP contribution in [0, 0.1) is 0 Å². The molecule has 1 heterocycles. The Kier molecular flexibility index (Phi) is 4.08. The monoisotopic (exact) mass is 276 g/mol. The van der Waals surface area contributed by atoms with Gasteiger partial charge in [0.05, 0.1) is 0 Å². The van der Waals surface area contributed by atoms with E-state index in [2.05, 4.69) is 10.2 Å². The molecule has 0 spiro atoms. The van der Waals surface area contributed by atoms with Crippen LogP contribution < -0.4 is 0 Å². The number of nitrogens with zero attached hydrogens (tertiary/aromatic N) is 2. The molecule has 106 valence electrons. The molecular formula is C11H14F2N2O4. The number of aromatic nitrogens is 2. The Labute approximate surface area is 107 Å². The van der Waals surface area contributed by atoms with Gasteiger partial charge in [0.2, 0.25) is 17.7 Å². The average molecular weight is 276 g/mol. The van der Waals surface area contributed by atoms with Crippen molar-refractivity contribution in [2.75, 3.05) is 6.61 Å². The highest BCUT2D eigenvalue weighted by atomic mass is 19.3. The molecule has 1 fully saturated rings. The maximum atomic E-state index is 13.0. The zero-order valence-electron chi connectivity index (χ0n) is 10.1. The van der Waals surface area contributed by atoms with Crippen LogP contribution >= 0.6 is 0 Å². The molecule has 1 saturated carbocycles. The number of rotatable bonds is 5. The maximum absolute atomic E-state index is 13.0. The minimum atomic E-state index is -2.59. The summed E-state index contributed by atoms with van der Waals surface area (Å²) in [4.78, 5) is 10.2. The van der Waals surface area contributed by atoms with E-state index in [1.165, 1.54) is 0 Å². The molecule has 0 aliphatic heterocycles. The van der Waals surface area contributed by atoms with Crippen LogP contribution in [-0.2, 0) is 16.1 Å². The first kappa shape index (κ1) is 13.9. The Balaban J connectivity index is 1.85. The highest BCUT2D eigenvalue weighted by molar-refractivity contribution is 5.67. The Morgan fingerprint density at radius 3 is 2.74 bits per heavy atom. The van der Waals surface area contributed by atoms with Gasteiger partial charge in [0.15, 0.2) is 0 Å². The third kappa shape index (κ3) is 3.95. The lowest BCUT2D eigenvalue weighted by atomic mass is 9.87. The molecule has 8 heteroatoms. The number of carbonyl (C=O) groups is 1. The smallest absolute Gasteiger partial charge is 0.329 e. The molecule has 6 nitrogen and oxygen atoms in total. The van der Waals surface area contributed by atoms with Crippen molar-refractivity contribution >= 4 is 5.97 Å². The number of aliphatic carboxylic acids is 1. The average Bonchev–Trinajstić information content (AvgIpc) is 2.77. The van der Waals surface area contributed by atoms with Gasteiger partial charge in [-0.05, 0) is 12.8 Å². The van der Waals surface area contributed by atoms with Crippen LogP contribution in [0.3, 0.4) is 0 Å². The zero-order chi connectivity index (χ0) is 13.9. The molecule has 0 radical (unpaired) electrons. The first-order chi connectivity index (χ1) is 8.96. The molecule has 0 saturated heterocycles. The fourth-order valence-electron chi connectivity index (χ4n) is 2.00. The van der Waals surface area contributed by atoms with Crippen molar-refractivity contribution in [3.8, 4) is 0 Å². The van der Waals surface area contributed by atoms with Gasteiger partial charge >= 0.3 is 5.97 Å². The third-order valence-electron chi connectivity index (χ3n) is 3.00. The van der Waals surface area contributed by atoms with E-state index in [4.69, 9.17) is 14.3 Å². The van der Waals surface area contributed by atoms with Crippen molar-refractivity contribution in [1.82, 2.24) is 10.2 Å². The fraction of sp³-hybridized carbons (Fsp3) is 0.727. The van der Waals surface area contributed by atoms with E-state index in [-0.39, 0.29) is 31.3 Å². The summed E-state index contributed by atoms with van der Waals surface area (Å²) in [5.41, 5.74) is 0. The topological polar surface area (TPSA) is 85.5 Å². The van der Waals surface area contributed by atoms with Crippen LogP contribution in [0.25, 0.3) is 0 Å². The predicted molar refractivity (Wildman–Crippen MR) is 57.7 cm³/mol. The van der Waals surface area contributed by atoms with E-state index in [0.29, 0.717) is 18.7 Å². The van der Waals surface area contributed by atoms with Gasteiger partial charge in [-0.3, -0.25) is 0 Å². The summed E-state index contributed by atoms with van der Waals surface area (Å²) in [6, 6.07) is 0. The lowest BCUT2D eigenvalue weighted by molar-refractivity contribution is -0.142. The van der Waals surface area contributed by atoms with E-state index in [1.54, 1.807) is 0 Å². The van der Waals surface area contributed by atoms with Crippen molar-refractivity contribution in [2.45, 2.75) is 44.1 Å². The van der Waals surface area contributed by atoms with Crippen LogP contribution in [0.4, 0.5) is 8.78 Å². The highest BCUT2D eigenvalue weighted by Crippen LogP contribution is 2.40. The van der Waals surface area contributed by atoms with Crippen molar-refractivity contribution in [3.63, 3.8) is 0 Å². The van der Waals surface area contributed by atoms with Gasteiger partial charge in [-0.15, -0.1) is 10.2 Å². The van der Waals surface area contributed by atoms with Crippen molar-refractivity contribution in [3.05, 3.63) is 11.8 Å². The molecular weight excluding hydrogens is 262 g/mol. The molecule has 19 heavy (non-hydrogen) atoms. The van der Waals surface area contributed by atoms with E-state index < -0.39 is 18.5 Å². The second-order valence-electron chi connectivity index (χ2n) is 4.55. The fourth-order valence-corrected chi connectivity index (χ4v) is 2.00. The number of hydrogen-bond acceptors (Lipinski definition) is 5. The van der Waals surface area contributed by atoms with E-state index >= 15 is 0 Å². The van der Waals surface area contributed by atoms with Gasteiger partial charge in [0.1, 0.15) is 13.2 Å². The highest BCUT2D eigenvalue weighted by Gasteiger charge is 2.37. The minimum Gasteiger partial charge on any atom is -0.480 e. The van der Waals surface area contributed by atoms with Gasteiger partial charge in [-0.25, -0.2) is 13.6 Å². The van der Waals surface area contributed by atoms with Gasteiger partial charge in [-0.2, -0.15) is 0 Å². The summed E-state index contributed by atoms with van der Waals surface area (Å²) in [5, 5.41) is 15.9. The van der Waals surface area contributed by atoms with Crippen LogP contribution in [0.5, 0.6) is 0 Å². The van der Waals surface area contributed by atoms with Crippen LogP contribution in [0.15, 0.2) is 4.42 Å². The Morgan fingerprint density at radius 2 is 2.11 bits per heavy atom. The first-order valence-corrected chi connectivity index (χ1v) is 5.96. The lowest BCUT2D eigenvalue weighted by Gasteiger charge is -2.25. The van der Waals surface area contributed by atoms with Crippen molar-refractivity contribution in [1.29, 1.82) is 0 Å². The van der Waals surface area contributed by atoms with Gasteiger partial charge in [0, 0.05) is 18.8 Å². The summed E-state index contributed by atoms with van der Waals surface area (Å²) in [6.45, 7) is -0.546. The van der Waals surface area contributed by atoms with Crippen molar-refractivity contribution in [2.24, 2.45) is 0 Å². The number of carboxylic acids is 1. The molecule has 0 bridgehead atoms. The SMILES string of the molecule is O=C(O)COCc1nnc(C2CCC(F)(F)CC2)o1. The minimum absolute atomic E-state index is 0.0951. The van der Waals surface area contributed by atoms with Gasteiger partial charge in [0.25, 0.3) is 0 Å². The molecule has 0 atom stereocenters. The van der Waals surface area contributed by atoms with Crippen LogP contribution in [0.2, 0.25) is 0 Å². The number of carboxylic acid groups (broad SMARTS) is 1. The summed E-state index contributed by atoms with van der Waals surface area (Å²) >= 11 is 0.